The van der Waals surface area contributed by atoms with Crippen molar-refractivity contribution >= 4 is 11.9 Å². The first-order valence-electron chi connectivity index (χ1n) is 17.6. The van der Waals surface area contributed by atoms with Crippen LogP contribution in [0, 0.1) is 0 Å². The van der Waals surface area contributed by atoms with Gasteiger partial charge in [-0.2, -0.15) is 13.2 Å². The Morgan fingerprint density at radius 1 is 0.646 bits per heavy atom. The fraction of sp³-hybridized carbons (Fsp3) is 0.500. The molecule has 3 aromatic rings. The van der Waals surface area contributed by atoms with Gasteiger partial charge in [-0.3, -0.25) is 4.79 Å². The van der Waals surface area contributed by atoms with E-state index in [1.807, 2.05) is 43.3 Å². The first-order valence-corrected chi connectivity index (χ1v) is 17.6. The summed E-state index contributed by atoms with van der Waals surface area (Å²) in [5.41, 5.74) is 3.08. The van der Waals surface area contributed by atoms with E-state index in [1.165, 1.54) is 44.9 Å². The highest BCUT2D eigenvalue weighted by Gasteiger charge is 2.42. The van der Waals surface area contributed by atoms with Crippen LogP contribution in [0.1, 0.15) is 120 Å². The first kappa shape index (κ1) is 38.6. The lowest BCUT2D eigenvalue weighted by atomic mass is 10.0. The number of carbonyl (C=O) groups excluding carboxylic acids is 2. The number of alkyl halides is 3. The molecule has 0 spiro atoms. The first-order chi connectivity index (χ1) is 23.2. The third-order valence-electron chi connectivity index (χ3n) is 8.29. The summed E-state index contributed by atoms with van der Waals surface area (Å²) in [4.78, 5) is 24.9. The third kappa shape index (κ3) is 14.5. The van der Waals surface area contributed by atoms with E-state index in [0.29, 0.717) is 36.3 Å². The molecule has 0 radical (unpaired) electrons. The van der Waals surface area contributed by atoms with Crippen LogP contribution < -0.4 is 9.47 Å². The van der Waals surface area contributed by atoms with Gasteiger partial charge in [-0.25, -0.2) is 4.79 Å². The van der Waals surface area contributed by atoms with E-state index < -0.39 is 24.2 Å². The van der Waals surface area contributed by atoms with Crippen LogP contribution in [0.4, 0.5) is 13.2 Å². The molecule has 0 heterocycles. The van der Waals surface area contributed by atoms with E-state index in [9.17, 15) is 22.8 Å². The molecule has 0 aliphatic carbocycles. The number of rotatable bonds is 22. The molecule has 0 aliphatic heterocycles. The van der Waals surface area contributed by atoms with Gasteiger partial charge in [0.2, 0.25) is 0 Å². The summed E-state index contributed by atoms with van der Waals surface area (Å²) in [5.74, 6) is -0.233. The minimum Gasteiger partial charge on any atom is -0.494 e. The zero-order chi connectivity index (χ0) is 34.6. The second-order valence-corrected chi connectivity index (χ2v) is 12.3. The number of unbranched alkanes of at least 4 members (excludes halogenated alkanes) is 10. The number of aryl methyl sites for hydroxylation is 1. The van der Waals surface area contributed by atoms with Gasteiger partial charge in [0.05, 0.1) is 12.2 Å². The van der Waals surface area contributed by atoms with Crippen molar-refractivity contribution in [2.45, 2.75) is 122 Å². The summed E-state index contributed by atoms with van der Waals surface area (Å²) < 4.78 is 56.1. The second-order valence-electron chi connectivity index (χ2n) is 12.3. The van der Waals surface area contributed by atoms with E-state index in [1.54, 1.807) is 36.4 Å². The summed E-state index contributed by atoms with van der Waals surface area (Å²) >= 11 is 0. The van der Waals surface area contributed by atoms with E-state index in [2.05, 4.69) is 6.92 Å². The Morgan fingerprint density at radius 2 is 1.17 bits per heavy atom. The molecule has 0 bridgehead atoms. The van der Waals surface area contributed by atoms with Crippen molar-refractivity contribution in [1.29, 1.82) is 0 Å². The van der Waals surface area contributed by atoms with Gasteiger partial charge in [0.15, 0.2) is 6.10 Å². The van der Waals surface area contributed by atoms with E-state index in [0.717, 1.165) is 36.1 Å². The summed E-state index contributed by atoms with van der Waals surface area (Å²) in [6, 6.07) is 21.6. The molecule has 0 fully saturated rings. The maximum Gasteiger partial charge on any atom is 0.425 e. The number of ether oxygens (including phenoxy) is 3. The quantitative estimate of drug-likeness (QED) is 0.0606. The second kappa shape index (κ2) is 21.2. The van der Waals surface area contributed by atoms with Gasteiger partial charge in [-0.05, 0) is 78.8 Å². The Balaban J connectivity index is 1.40. The molecule has 5 nitrogen and oxygen atoms in total. The molecule has 3 rings (SSSR count). The molecule has 0 saturated carbocycles. The van der Waals surface area contributed by atoms with Gasteiger partial charge >= 0.3 is 18.1 Å². The molecule has 0 N–H and O–H groups in total. The number of hydrogen-bond acceptors (Lipinski definition) is 5. The summed E-state index contributed by atoms with van der Waals surface area (Å²) in [6.45, 7) is 4.93. The highest BCUT2D eigenvalue weighted by molar-refractivity contribution is 5.91. The van der Waals surface area contributed by atoms with Crippen molar-refractivity contribution in [3.8, 4) is 22.6 Å². The van der Waals surface area contributed by atoms with Crippen LogP contribution in [0.25, 0.3) is 11.1 Å². The van der Waals surface area contributed by atoms with Crippen molar-refractivity contribution in [2.75, 3.05) is 6.61 Å². The Morgan fingerprint density at radius 3 is 1.75 bits per heavy atom. The minimum atomic E-state index is -4.58. The highest BCUT2D eigenvalue weighted by atomic mass is 19.4. The normalized spacial score (nSPS) is 12.0. The van der Waals surface area contributed by atoms with E-state index in [-0.39, 0.29) is 19.3 Å². The molecule has 1 unspecified atom stereocenters. The smallest absolute Gasteiger partial charge is 0.425 e. The van der Waals surface area contributed by atoms with Crippen LogP contribution in [-0.4, -0.2) is 30.8 Å². The maximum atomic E-state index is 13.3. The molecule has 8 heteroatoms. The molecule has 48 heavy (non-hydrogen) atoms. The number of halogens is 3. The zero-order valence-electron chi connectivity index (χ0n) is 28.5. The van der Waals surface area contributed by atoms with Gasteiger partial charge < -0.3 is 14.2 Å². The molecule has 0 aromatic heterocycles. The Labute approximate surface area is 284 Å². The molecule has 0 amide bonds. The predicted octanol–water partition coefficient (Wildman–Crippen LogP) is 11.5. The SMILES string of the molecule is CCCCCCCCCCOc1ccc(-c2ccc(C(=O)Oc3ccc(CCC(=O)OC(CCCCCC)C(F)(F)F)cc3)cc2)cc1. The molecule has 1 atom stereocenters. The molecule has 3 aromatic carbocycles. The third-order valence-corrected chi connectivity index (χ3v) is 8.29. The van der Waals surface area contributed by atoms with Crippen LogP contribution in [0.3, 0.4) is 0 Å². The molecule has 0 saturated heterocycles. The minimum absolute atomic E-state index is 0.178. The van der Waals surface area contributed by atoms with E-state index >= 15 is 0 Å². The van der Waals surface area contributed by atoms with Crippen molar-refractivity contribution in [3.05, 3.63) is 83.9 Å². The fourth-order valence-corrected chi connectivity index (χ4v) is 5.37. The van der Waals surface area contributed by atoms with Gasteiger partial charge in [0.25, 0.3) is 0 Å². The summed E-state index contributed by atoms with van der Waals surface area (Å²) in [5, 5.41) is 0. The predicted molar refractivity (Wildman–Crippen MR) is 184 cm³/mol. The Hall–Kier alpha value is -3.81. The van der Waals surface area contributed by atoms with Crippen molar-refractivity contribution in [3.63, 3.8) is 0 Å². The lowest BCUT2D eigenvalue weighted by Crippen LogP contribution is -2.34. The molecular weight excluding hydrogens is 617 g/mol. The van der Waals surface area contributed by atoms with Gasteiger partial charge in [-0.15, -0.1) is 0 Å². The number of carbonyl (C=O) groups is 2. The van der Waals surface area contributed by atoms with Crippen LogP contribution in [0.5, 0.6) is 11.5 Å². The van der Waals surface area contributed by atoms with Crippen molar-refractivity contribution < 1.29 is 37.0 Å². The van der Waals surface area contributed by atoms with Crippen molar-refractivity contribution in [2.24, 2.45) is 0 Å². The maximum absolute atomic E-state index is 13.3. The highest BCUT2D eigenvalue weighted by Crippen LogP contribution is 2.28. The standard InChI is InChI=1S/C40H51F3O5/c1-3-5-7-9-10-11-12-14-30-46-35-27-23-33(24-28-35)32-19-21-34(22-20-32)39(45)47-36-25-16-31(17-26-36)18-29-38(44)48-37(40(41,42)43)15-13-8-6-4-2/h16-17,19-28,37H,3-15,18,29-30H2,1-2H3. The molecular formula is C40H51F3O5. The van der Waals surface area contributed by atoms with Crippen LogP contribution in [0.15, 0.2) is 72.8 Å². The average Bonchev–Trinajstić information content (AvgIpc) is 3.08. The van der Waals surface area contributed by atoms with Crippen molar-refractivity contribution in [1.82, 2.24) is 0 Å². The topological polar surface area (TPSA) is 61.8 Å². The monoisotopic (exact) mass is 668 g/mol. The van der Waals surface area contributed by atoms with Gasteiger partial charge in [0, 0.05) is 6.42 Å². The lowest BCUT2D eigenvalue weighted by Gasteiger charge is -2.20. The van der Waals surface area contributed by atoms with E-state index in [4.69, 9.17) is 14.2 Å². The average molecular weight is 669 g/mol. The van der Waals surface area contributed by atoms with Gasteiger partial charge in [0.1, 0.15) is 11.5 Å². The summed E-state index contributed by atoms with van der Waals surface area (Å²) in [7, 11) is 0. The van der Waals surface area contributed by atoms with Crippen LogP contribution in [0.2, 0.25) is 0 Å². The largest absolute Gasteiger partial charge is 0.494 e. The van der Waals surface area contributed by atoms with Crippen LogP contribution in [-0.2, 0) is 16.0 Å². The fourth-order valence-electron chi connectivity index (χ4n) is 5.37. The Kier molecular flexibility index (Phi) is 17.1. The number of esters is 2. The Bertz CT molecular complexity index is 1340. The molecule has 262 valence electrons. The number of hydrogen-bond donors (Lipinski definition) is 0. The molecule has 0 aliphatic rings. The lowest BCUT2D eigenvalue weighted by molar-refractivity contribution is -0.222. The number of benzene rings is 3. The summed E-state index contributed by atoms with van der Waals surface area (Å²) in [6.07, 6.45) is 6.04. The van der Waals surface area contributed by atoms with Gasteiger partial charge in [-0.1, -0.05) is 114 Å². The van der Waals surface area contributed by atoms with Crippen LogP contribution >= 0.6 is 0 Å². The zero-order valence-corrected chi connectivity index (χ0v) is 28.5.